The van der Waals surface area contributed by atoms with E-state index in [-0.39, 0.29) is 53.6 Å². The van der Waals surface area contributed by atoms with Crippen LogP contribution < -0.4 is 10.2 Å². The van der Waals surface area contributed by atoms with Crippen molar-refractivity contribution in [3.8, 4) is 11.8 Å². The predicted molar refractivity (Wildman–Crippen MR) is 99.3 cm³/mol. The van der Waals surface area contributed by atoms with E-state index in [4.69, 9.17) is 14.2 Å². The number of nitrogens with zero attached hydrogens (tertiary/aromatic N) is 2. The van der Waals surface area contributed by atoms with E-state index in [0.29, 0.717) is 0 Å². The zero-order chi connectivity index (χ0) is 21.3. The molecule has 1 aromatic carbocycles. The summed E-state index contributed by atoms with van der Waals surface area (Å²) in [4.78, 5) is 37.2. The number of aromatic nitrogens is 1. The first-order chi connectivity index (χ1) is 13.8. The van der Waals surface area contributed by atoms with Gasteiger partial charge in [-0.15, -0.1) is 0 Å². The van der Waals surface area contributed by atoms with Crippen molar-refractivity contribution in [2.45, 2.75) is 32.7 Å². The van der Waals surface area contributed by atoms with E-state index in [9.17, 15) is 19.6 Å². The highest BCUT2D eigenvalue weighted by Crippen LogP contribution is 2.40. The van der Waals surface area contributed by atoms with Crippen LogP contribution in [-0.4, -0.2) is 36.3 Å². The van der Waals surface area contributed by atoms with Crippen LogP contribution >= 0.6 is 0 Å². The molecule has 1 aromatic heterocycles. The smallest absolute Gasteiger partial charge is 0.343 e. The van der Waals surface area contributed by atoms with Gasteiger partial charge in [-0.2, -0.15) is 5.26 Å². The third-order valence-corrected chi connectivity index (χ3v) is 4.64. The lowest BCUT2D eigenvalue weighted by molar-refractivity contribution is -0.143. The second kappa shape index (κ2) is 7.91. The molecular weight excluding hydrogens is 383 g/mol. The summed E-state index contributed by atoms with van der Waals surface area (Å²) in [7, 11) is 0. The number of hydrogen-bond donors (Lipinski definition) is 0. The highest BCUT2D eigenvalue weighted by molar-refractivity contribution is 5.97. The van der Waals surface area contributed by atoms with Crippen molar-refractivity contribution < 1.29 is 28.2 Å². The van der Waals surface area contributed by atoms with E-state index in [1.807, 2.05) is 0 Å². The Morgan fingerprint density at radius 2 is 2.07 bits per heavy atom. The SMILES string of the molecule is CCOC(=O)c1cn2c3c(c([C@@H](C#N)C(=O)OCC)c(F)cc3c1=O)OC[C@@H]2C. The third kappa shape index (κ3) is 3.31. The van der Waals surface area contributed by atoms with Crippen LogP contribution in [0.25, 0.3) is 10.9 Å². The Morgan fingerprint density at radius 1 is 1.38 bits per heavy atom. The van der Waals surface area contributed by atoms with Gasteiger partial charge in [-0.05, 0) is 26.8 Å². The van der Waals surface area contributed by atoms with Gasteiger partial charge in [0.05, 0.1) is 41.8 Å². The highest BCUT2D eigenvalue weighted by Gasteiger charge is 2.34. The first kappa shape index (κ1) is 20.3. The molecule has 0 unspecified atom stereocenters. The summed E-state index contributed by atoms with van der Waals surface area (Å²) in [5.74, 6) is -4.33. The fraction of sp³-hybridized carbons (Fsp3) is 0.400. The lowest BCUT2D eigenvalue weighted by Crippen LogP contribution is -2.29. The fourth-order valence-corrected chi connectivity index (χ4v) is 3.33. The summed E-state index contributed by atoms with van der Waals surface area (Å²) in [6, 6.07) is 2.37. The molecule has 0 spiro atoms. The van der Waals surface area contributed by atoms with Crippen LogP contribution in [0.4, 0.5) is 4.39 Å². The van der Waals surface area contributed by atoms with Crippen LogP contribution in [0.15, 0.2) is 17.1 Å². The van der Waals surface area contributed by atoms with Gasteiger partial charge >= 0.3 is 11.9 Å². The maximum atomic E-state index is 15.0. The van der Waals surface area contributed by atoms with E-state index in [0.717, 1.165) is 6.07 Å². The number of esters is 2. The topological polar surface area (TPSA) is 108 Å². The quantitative estimate of drug-likeness (QED) is 0.707. The molecule has 0 saturated carbocycles. The molecule has 0 aliphatic carbocycles. The van der Waals surface area contributed by atoms with Crippen molar-refractivity contribution in [2.75, 3.05) is 19.8 Å². The van der Waals surface area contributed by atoms with Gasteiger partial charge in [0.25, 0.3) is 0 Å². The molecule has 0 saturated heterocycles. The van der Waals surface area contributed by atoms with Crippen LogP contribution in [0.2, 0.25) is 0 Å². The van der Waals surface area contributed by atoms with Crippen molar-refractivity contribution in [1.82, 2.24) is 4.57 Å². The van der Waals surface area contributed by atoms with Crippen molar-refractivity contribution in [3.63, 3.8) is 0 Å². The summed E-state index contributed by atoms with van der Waals surface area (Å²) in [5, 5.41) is 9.36. The lowest BCUT2D eigenvalue weighted by atomic mass is 9.95. The first-order valence-electron chi connectivity index (χ1n) is 9.13. The Bertz CT molecular complexity index is 1100. The van der Waals surface area contributed by atoms with Crippen molar-refractivity contribution >= 4 is 22.8 Å². The first-order valence-corrected chi connectivity index (χ1v) is 9.13. The molecule has 0 radical (unpaired) electrons. The molecule has 0 amide bonds. The van der Waals surface area contributed by atoms with Gasteiger partial charge in [0.15, 0.2) is 11.7 Å². The number of nitriles is 1. The van der Waals surface area contributed by atoms with Gasteiger partial charge in [-0.1, -0.05) is 0 Å². The van der Waals surface area contributed by atoms with Crippen LogP contribution in [0.1, 0.15) is 48.7 Å². The van der Waals surface area contributed by atoms with Crippen molar-refractivity contribution in [2.24, 2.45) is 0 Å². The maximum Gasteiger partial charge on any atom is 0.343 e. The van der Waals surface area contributed by atoms with Crippen molar-refractivity contribution in [1.29, 1.82) is 5.26 Å². The Kier molecular flexibility index (Phi) is 5.55. The average Bonchev–Trinajstić information content (AvgIpc) is 2.68. The molecule has 2 atom stereocenters. The molecule has 29 heavy (non-hydrogen) atoms. The van der Waals surface area contributed by atoms with Gasteiger partial charge in [0.2, 0.25) is 5.43 Å². The monoisotopic (exact) mass is 402 g/mol. The molecule has 8 nitrogen and oxygen atoms in total. The molecule has 1 aliphatic heterocycles. The van der Waals surface area contributed by atoms with E-state index in [1.165, 1.54) is 6.20 Å². The summed E-state index contributed by atoms with van der Waals surface area (Å²) in [5.41, 5.74) is -1.03. The summed E-state index contributed by atoms with van der Waals surface area (Å²) in [6.45, 7) is 5.16. The van der Waals surface area contributed by atoms with E-state index in [1.54, 1.807) is 31.4 Å². The maximum absolute atomic E-state index is 15.0. The van der Waals surface area contributed by atoms with Gasteiger partial charge in [-0.3, -0.25) is 9.59 Å². The lowest BCUT2D eigenvalue weighted by Gasteiger charge is -2.29. The van der Waals surface area contributed by atoms with E-state index < -0.39 is 29.1 Å². The molecule has 152 valence electrons. The molecular formula is C20H19FN2O6. The normalized spacial score (nSPS) is 15.9. The summed E-state index contributed by atoms with van der Waals surface area (Å²) >= 11 is 0. The number of pyridine rings is 1. The zero-order valence-electron chi connectivity index (χ0n) is 16.2. The van der Waals surface area contributed by atoms with E-state index >= 15 is 4.39 Å². The highest BCUT2D eigenvalue weighted by atomic mass is 19.1. The zero-order valence-corrected chi connectivity index (χ0v) is 16.2. The van der Waals surface area contributed by atoms with Crippen LogP contribution in [0.3, 0.4) is 0 Å². The van der Waals surface area contributed by atoms with Crippen LogP contribution in [-0.2, 0) is 14.3 Å². The standard InChI is InChI=1S/C20H19FN2O6/c1-4-27-19(25)12(7-22)15-14(21)6-11-16-18(15)29-9-10(3)23(16)8-13(17(11)24)20(26)28-5-2/h6,8,10,12H,4-5,9H2,1-3H3/t10-,12+/m0/s1. The van der Waals surface area contributed by atoms with Gasteiger partial charge < -0.3 is 18.8 Å². The van der Waals surface area contributed by atoms with Crippen LogP contribution in [0.5, 0.6) is 5.75 Å². The number of ether oxygens (including phenoxy) is 3. The number of carbonyl (C=O) groups is 2. The molecule has 1 aliphatic rings. The van der Waals surface area contributed by atoms with Gasteiger partial charge in [-0.25, -0.2) is 9.18 Å². The molecule has 9 heteroatoms. The molecule has 2 aromatic rings. The molecule has 0 bridgehead atoms. The summed E-state index contributed by atoms with van der Waals surface area (Å²) < 4.78 is 32.1. The minimum atomic E-state index is -1.56. The van der Waals surface area contributed by atoms with Crippen molar-refractivity contribution in [3.05, 3.63) is 39.4 Å². The second-order valence-corrected chi connectivity index (χ2v) is 6.47. The van der Waals surface area contributed by atoms with Crippen LogP contribution in [0, 0.1) is 17.1 Å². The largest absolute Gasteiger partial charge is 0.489 e. The molecule has 0 fully saturated rings. The summed E-state index contributed by atoms with van der Waals surface area (Å²) in [6.07, 6.45) is 1.34. The third-order valence-electron chi connectivity index (χ3n) is 4.64. The molecule has 3 rings (SSSR count). The minimum Gasteiger partial charge on any atom is -0.489 e. The Labute approximate surface area is 165 Å². The molecule has 0 N–H and O–H groups in total. The number of benzene rings is 1. The average molecular weight is 402 g/mol. The Morgan fingerprint density at radius 3 is 2.69 bits per heavy atom. The Hall–Kier alpha value is -3.41. The number of hydrogen-bond acceptors (Lipinski definition) is 7. The number of halogens is 1. The van der Waals surface area contributed by atoms with Gasteiger partial charge in [0.1, 0.15) is 18.0 Å². The number of carbonyl (C=O) groups excluding carboxylic acids is 2. The van der Waals surface area contributed by atoms with E-state index in [2.05, 4.69) is 0 Å². The molecule has 2 heterocycles. The number of rotatable bonds is 5. The minimum absolute atomic E-state index is 0.0209. The second-order valence-electron chi connectivity index (χ2n) is 6.47. The van der Waals surface area contributed by atoms with Gasteiger partial charge in [0, 0.05) is 6.20 Å². The predicted octanol–water partition coefficient (Wildman–Crippen LogP) is 2.44. The fourth-order valence-electron chi connectivity index (χ4n) is 3.33. The Balaban J connectivity index is 2.36.